The highest BCUT2D eigenvalue weighted by Gasteiger charge is 2.12. The first-order chi connectivity index (χ1) is 9.65. The Balaban J connectivity index is 2.35. The molecule has 2 rings (SSSR count). The van der Waals surface area contributed by atoms with E-state index in [4.69, 9.17) is 0 Å². The molecular weight excluding hydrogens is 276 g/mol. The van der Waals surface area contributed by atoms with Gasteiger partial charge >= 0.3 is 5.97 Å². The first-order valence-corrected chi connectivity index (χ1v) is 6.75. The van der Waals surface area contributed by atoms with E-state index in [1.54, 1.807) is 6.07 Å². The van der Waals surface area contributed by atoms with Crippen molar-refractivity contribution < 1.29 is 19.7 Å². The van der Waals surface area contributed by atoms with Crippen LogP contribution < -0.4 is 0 Å². The lowest BCUT2D eigenvalue weighted by Crippen LogP contribution is -2.00. The summed E-state index contributed by atoms with van der Waals surface area (Å²) in [7, 11) is 1.31. The minimum atomic E-state index is -0.456. The third-order valence-corrected chi connectivity index (χ3v) is 3.91. The SMILES string of the molecule is COC(=O)c1ccc(O)c(Sc2ccccc2CO)c1. The van der Waals surface area contributed by atoms with Crippen LogP contribution in [0.5, 0.6) is 5.75 Å². The second-order valence-corrected chi connectivity index (χ2v) is 5.13. The van der Waals surface area contributed by atoms with E-state index in [0.717, 1.165) is 10.5 Å². The molecule has 0 saturated heterocycles. The van der Waals surface area contributed by atoms with Crippen molar-refractivity contribution in [2.24, 2.45) is 0 Å². The van der Waals surface area contributed by atoms with Gasteiger partial charge in [-0.15, -0.1) is 0 Å². The Kier molecular flexibility index (Phi) is 4.65. The smallest absolute Gasteiger partial charge is 0.337 e. The van der Waals surface area contributed by atoms with E-state index < -0.39 is 5.97 Å². The quantitative estimate of drug-likeness (QED) is 0.848. The monoisotopic (exact) mass is 290 g/mol. The number of phenolic OH excluding ortho intramolecular Hbond substituents is 1. The summed E-state index contributed by atoms with van der Waals surface area (Å²) >= 11 is 1.29. The normalized spacial score (nSPS) is 10.3. The molecule has 0 unspecified atom stereocenters. The molecule has 104 valence electrons. The fraction of sp³-hybridized carbons (Fsp3) is 0.133. The predicted octanol–water partition coefficient (Wildman–Crippen LogP) is 2.82. The Morgan fingerprint density at radius 3 is 2.65 bits per heavy atom. The van der Waals surface area contributed by atoms with Crippen molar-refractivity contribution >= 4 is 17.7 Å². The van der Waals surface area contributed by atoms with Crippen molar-refractivity contribution in [3.05, 3.63) is 53.6 Å². The van der Waals surface area contributed by atoms with Gasteiger partial charge in [0.2, 0.25) is 0 Å². The highest BCUT2D eigenvalue weighted by molar-refractivity contribution is 7.99. The second-order valence-electron chi connectivity index (χ2n) is 4.04. The Morgan fingerprint density at radius 1 is 1.20 bits per heavy atom. The highest BCUT2D eigenvalue weighted by Crippen LogP contribution is 2.36. The van der Waals surface area contributed by atoms with Crippen LogP contribution in [0.15, 0.2) is 52.3 Å². The summed E-state index contributed by atoms with van der Waals surface area (Å²) in [5.41, 5.74) is 1.13. The Hall–Kier alpha value is -1.98. The number of benzene rings is 2. The molecule has 5 heteroatoms. The molecular formula is C15H14O4S. The lowest BCUT2D eigenvalue weighted by Gasteiger charge is -2.09. The molecule has 2 aromatic carbocycles. The van der Waals surface area contributed by atoms with Crippen LogP contribution in [0.1, 0.15) is 15.9 Å². The zero-order valence-corrected chi connectivity index (χ0v) is 11.7. The maximum Gasteiger partial charge on any atom is 0.337 e. The number of carbonyl (C=O) groups is 1. The highest BCUT2D eigenvalue weighted by atomic mass is 32.2. The summed E-state index contributed by atoms with van der Waals surface area (Å²) in [6.07, 6.45) is 0. The molecule has 2 N–H and O–H groups in total. The molecule has 0 heterocycles. The Morgan fingerprint density at radius 2 is 1.95 bits per heavy atom. The van der Waals surface area contributed by atoms with Gasteiger partial charge in [-0.05, 0) is 29.8 Å². The molecule has 0 atom stereocenters. The molecule has 0 aliphatic rings. The molecule has 0 aliphatic carbocycles. The maximum absolute atomic E-state index is 11.5. The average molecular weight is 290 g/mol. The van der Waals surface area contributed by atoms with Gasteiger partial charge in [-0.3, -0.25) is 0 Å². The van der Waals surface area contributed by atoms with Crippen LogP contribution in [0.4, 0.5) is 0 Å². The predicted molar refractivity (Wildman–Crippen MR) is 75.9 cm³/mol. The summed E-state index contributed by atoms with van der Waals surface area (Å²) in [5.74, 6) is -0.377. The van der Waals surface area contributed by atoms with Gasteiger partial charge in [0.25, 0.3) is 0 Å². The van der Waals surface area contributed by atoms with Gasteiger partial charge < -0.3 is 14.9 Å². The van der Waals surface area contributed by atoms with Gasteiger partial charge in [-0.25, -0.2) is 4.79 Å². The van der Waals surface area contributed by atoms with E-state index in [1.165, 1.54) is 31.0 Å². The fourth-order valence-corrected chi connectivity index (χ4v) is 2.70. The lowest BCUT2D eigenvalue weighted by atomic mass is 10.2. The third kappa shape index (κ3) is 3.12. The minimum absolute atomic E-state index is 0.0791. The van der Waals surface area contributed by atoms with Crippen molar-refractivity contribution in [3.8, 4) is 5.75 Å². The Bertz CT molecular complexity index is 625. The van der Waals surface area contributed by atoms with Crippen molar-refractivity contribution in [3.63, 3.8) is 0 Å². The number of esters is 1. The molecule has 0 saturated carbocycles. The fourth-order valence-electron chi connectivity index (χ4n) is 1.69. The van der Waals surface area contributed by atoms with Gasteiger partial charge in [0.1, 0.15) is 5.75 Å². The van der Waals surface area contributed by atoms with E-state index in [1.807, 2.05) is 24.3 Å². The second kappa shape index (κ2) is 6.45. The number of methoxy groups -OCH3 is 1. The molecule has 0 fully saturated rings. The molecule has 20 heavy (non-hydrogen) atoms. The molecule has 0 spiro atoms. The van der Waals surface area contributed by atoms with Crippen molar-refractivity contribution in [2.75, 3.05) is 7.11 Å². The van der Waals surface area contributed by atoms with Crippen LogP contribution in [0.25, 0.3) is 0 Å². The molecule has 0 bridgehead atoms. The number of hydrogen-bond acceptors (Lipinski definition) is 5. The van der Waals surface area contributed by atoms with E-state index in [2.05, 4.69) is 4.74 Å². The van der Waals surface area contributed by atoms with Gasteiger partial charge in [0.15, 0.2) is 0 Å². The van der Waals surface area contributed by atoms with Crippen molar-refractivity contribution in [2.45, 2.75) is 16.4 Å². The van der Waals surface area contributed by atoms with E-state index in [9.17, 15) is 15.0 Å². The number of ether oxygens (including phenoxy) is 1. The first-order valence-electron chi connectivity index (χ1n) is 5.93. The minimum Gasteiger partial charge on any atom is -0.507 e. The summed E-state index contributed by atoms with van der Waals surface area (Å²) < 4.78 is 4.66. The van der Waals surface area contributed by atoms with Gasteiger partial charge in [0.05, 0.1) is 24.2 Å². The van der Waals surface area contributed by atoms with Crippen LogP contribution in [0.2, 0.25) is 0 Å². The van der Waals surface area contributed by atoms with Crippen LogP contribution >= 0.6 is 11.8 Å². The van der Waals surface area contributed by atoms with Gasteiger partial charge in [-0.1, -0.05) is 30.0 Å². The number of carbonyl (C=O) groups excluding carboxylic acids is 1. The number of aliphatic hydroxyl groups is 1. The van der Waals surface area contributed by atoms with E-state index in [0.29, 0.717) is 10.5 Å². The summed E-state index contributed by atoms with van der Waals surface area (Å²) in [6.45, 7) is -0.0827. The summed E-state index contributed by atoms with van der Waals surface area (Å²) in [6, 6.07) is 11.9. The molecule has 0 aromatic heterocycles. The zero-order valence-electron chi connectivity index (χ0n) is 10.9. The molecule has 0 amide bonds. The van der Waals surface area contributed by atoms with E-state index >= 15 is 0 Å². The average Bonchev–Trinajstić information content (AvgIpc) is 2.49. The number of phenols is 1. The standard InChI is InChI=1S/C15H14O4S/c1-19-15(18)10-6-7-12(17)14(8-10)20-13-5-3-2-4-11(13)9-16/h2-8,16-17H,9H2,1H3. The zero-order chi connectivity index (χ0) is 14.5. The molecule has 0 radical (unpaired) electrons. The third-order valence-electron chi connectivity index (χ3n) is 2.74. The number of aliphatic hydroxyl groups excluding tert-OH is 1. The van der Waals surface area contributed by atoms with Crippen molar-refractivity contribution in [1.29, 1.82) is 0 Å². The van der Waals surface area contributed by atoms with Crippen LogP contribution in [-0.4, -0.2) is 23.3 Å². The molecule has 2 aromatic rings. The number of aromatic hydroxyl groups is 1. The van der Waals surface area contributed by atoms with E-state index in [-0.39, 0.29) is 12.4 Å². The van der Waals surface area contributed by atoms with Gasteiger partial charge in [0, 0.05) is 4.90 Å². The van der Waals surface area contributed by atoms with Crippen LogP contribution in [0.3, 0.4) is 0 Å². The molecule has 4 nitrogen and oxygen atoms in total. The molecule has 0 aliphatic heterocycles. The maximum atomic E-state index is 11.5. The largest absolute Gasteiger partial charge is 0.507 e. The first kappa shape index (κ1) is 14.4. The van der Waals surface area contributed by atoms with Gasteiger partial charge in [-0.2, -0.15) is 0 Å². The van der Waals surface area contributed by atoms with Crippen LogP contribution in [0, 0.1) is 0 Å². The van der Waals surface area contributed by atoms with Crippen molar-refractivity contribution in [1.82, 2.24) is 0 Å². The Labute approximate surface area is 121 Å². The number of rotatable bonds is 4. The number of hydrogen-bond donors (Lipinski definition) is 2. The summed E-state index contributed by atoms with van der Waals surface area (Å²) in [5, 5.41) is 19.2. The van der Waals surface area contributed by atoms with Crippen LogP contribution in [-0.2, 0) is 11.3 Å². The lowest BCUT2D eigenvalue weighted by molar-refractivity contribution is 0.0600. The summed E-state index contributed by atoms with van der Waals surface area (Å²) in [4.78, 5) is 12.9. The topological polar surface area (TPSA) is 66.8 Å².